The molecule has 12 heavy (non-hydrogen) atoms. The lowest BCUT2D eigenvalue weighted by atomic mass is 10.1. The molecular weight excluding hydrogens is 172 g/mol. The van der Waals surface area contributed by atoms with Crippen molar-refractivity contribution >= 4 is 17.6 Å². The molecule has 0 fully saturated rings. The van der Waals surface area contributed by atoms with Crippen LogP contribution in [0.15, 0.2) is 34.5 Å². The van der Waals surface area contributed by atoms with Gasteiger partial charge in [-0.05, 0) is 17.5 Å². The first-order chi connectivity index (χ1) is 5.92. The van der Waals surface area contributed by atoms with Crippen molar-refractivity contribution in [1.29, 1.82) is 0 Å². The summed E-state index contributed by atoms with van der Waals surface area (Å²) in [7, 11) is 0. The quantitative estimate of drug-likeness (QED) is 0.662. The summed E-state index contributed by atoms with van der Waals surface area (Å²) in [6.45, 7) is 0. The second-order valence-electron chi connectivity index (χ2n) is 2.33. The van der Waals surface area contributed by atoms with E-state index in [9.17, 15) is 4.79 Å². The van der Waals surface area contributed by atoms with Crippen LogP contribution in [-0.4, -0.2) is 6.29 Å². The molecule has 0 N–H and O–H groups in total. The van der Waals surface area contributed by atoms with Crippen LogP contribution in [0, 0.1) is 0 Å². The van der Waals surface area contributed by atoms with Gasteiger partial charge in [0.15, 0.2) is 6.29 Å². The van der Waals surface area contributed by atoms with E-state index in [1.54, 1.807) is 12.5 Å². The van der Waals surface area contributed by atoms with Crippen molar-refractivity contribution in [1.82, 2.24) is 0 Å². The van der Waals surface area contributed by atoms with Crippen LogP contribution in [0.2, 0.25) is 0 Å². The molecule has 2 aromatic heterocycles. The topological polar surface area (TPSA) is 30.2 Å². The summed E-state index contributed by atoms with van der Waals surface area (Å²) in [6, 6.07) is 3.76. The molecule has 0 radical (unpaired) electrons. The smallest absolute Gasteiger partial charge is 0.160 e. The predicted octanol–water partition coefficient (Wildman–Crippen LogP) is 2.82. The van der Waals surface area contributed by atoms with Gasteiger partial charge in [-0.25, -0.2) is 0 Å². The Morgan fingerprint density at radius 3 is 3.00 bits per heavy atom. The molecule has 0 spiro atoms. The summed E-state index contributed by atoms with van der Waals surface area (Å²) in [6.07, 6.45) is 4.10. The van der Waals surface area contributed by atoms with Crippen molar-refractivity contribution < 1.29 is 9.21 Å². The molecule has 0 aromatic carbocycles. The molecule has 0 bridgehead atoms. The van der Waals surface area contributed by atoms with E-state index in [0.29, 0.717) is 0 Å². The van der Waals surface area contributed by atoms with Crippen molar-refractivity contribution in [2.24, 2.45) is 0 Å². The van der Waals surface area contributed by atoms with Gasteiger partial charge >= 0.3 is 0 Å². The predicted molar refractivity (Wildman–Crippen MR) is 47.4 cm³/mol. The molecule has 0 atom stereocenters. The Labute approximate surface area is 73.4 Å². The lowest BCUT2D eigenvalue weighted by Gasteiger charge is -1.90. The summed E-state index contributed by atoms with van der Waals surface area (Å²) in [4.78, 5) is 11.3. The molecule has 2 heterocycles. The lowest BCUT2D eigenvalue weighted by Crippen LogP contribution is -1.75. The Kier molecular flexibility index (Phi) is 1.80. The molecular formula is C9H6O2S. The Balaban J connectivity index is 2.53. The molecule has 0 saturated heterocycles. The third kappa shape index (κ3) is 1.08. The van der Waals surface area contributed by atoms with E-state index in [-0.39, 0.29) is 0 Å². The highest BCUT2D eigenvalue weighted by atomic mass is 32.1. The van der Waals surface area contributed by atoms with E-state index in [2.05, 4.69) is 0 Å². The second kappa shape index (κ2) is 2.95. The van der Waals surface area contributed by atoms with Gasteiger partial charge in [0.1, 0.15) is 0 Å². The van der Waals surface area contributed by atoms with E-state index in [1.807, 2.05) is 17.5 Å². The summed E-state index contributed by atoms with van der Waals surface area (Å²) in [5.41, 5.74) is 1.90. The number of carbonyl (C=O) groups excluding carboxylic acids is 1. The van der Waals surface area contributed by atoms with E-state index in [4.69, 9.17) is 4.42 Å². The molecule has 0 amide bonds. The van der Waals surface area contributed by atoms with Gasteiger partial charge in [0, 0.05) is 11.1 Å². The van der Waals surface area contributed by atoms with Gasteiger partial charge in [0.2, 0.25) is 0 Å². The van der Waals surface area contributed by atoms with Crippen LogP contribution in [0.3, 0.4) is 0 Å². The maximum atomic E-state index is 10.6. The number of carbonyl (C=O) groups is 1. The van der Waals surface area contributed by atoms with Gasteiger partial charge < -0.3 is 4.42 Å². The van der Waals surface area contributed by atoms with Gasteiger partial charge in [0.05, 0.1) is 17.4 Å². The van der Waals surface area contributed by atoms with Crippen LogP contribution in [0.1, 0.15) is 9.67 Å². The highest BCUT2D eigenvalue weighted by molar-refractivity contribution is 7.12. The fourth-order valence-corrected chi connectivity index (χ4v) is 1.79. The highest BCUT2D eigenvalue weighted by Gasteiger charge is 2.05. The Morgan fingerprint density at radius 1 is 1.42 bits per heavy atom. The molecule has 2 nitrogen and oxygen atoms in total. The average molecular weight is 178 g/mol. The minimum absolute atomic E-state index is 0.747. The fraction of sp³-hybridized carbons (Fsp3) is 0. The second-order valence-corrected chi connectivity index (χ2v) is 3.28. The monoisotopic (exact) mass is 178 g/mol. The van der Waals surface area contributed by atoms with Crippen molar-refractivity contribution in [2.75, 3.05) is 0 Å². The minimum Gasteiger partial charge on any atom is -0.472 e. The largest absolute Gasteiger partial charge is 0.472 e. The molecule has 3 heteroatoms. The van der Waals surface area contributed by atoms with Crippen molar-refractivity contribution in [3.05, 3.63) is 34.9 Å². The van der Waals surface area contributed by atoms with Crippen LogP contribution in [0.5, 0.6) is 0 Å². The van der Waals surface area contributed by atoms with E-state index < -0.39 is 0 Å². The van der Waals surface area contributed by atoms with Crippen LogP contribution < -0.4 is 0 Å². The summed E-state index contributed by atoms with van der Waals surface area (Å²) < 4.78 is 4.93. The number of thiophene rings is 1. The third-order valence-electron chi connectivity index (χ3n) is 1.63. The van der Waals surface area contributed by atoms with Gasteiger partial charge in [-0.15, -0.1) is 11.3 Å². The zero-order valence-electron chi connectivity index (χ0n) is 6.19. The Morgan fingerprint density at radius 2 is 2.33 bits per heavy atom. The van der Waals surface area contributed by atoms with Gasteiger partial charge in [-0.1, -0.05) is 0 Å². The molecule has 2 rings (SSSR count). The van der Waals surface area contributed by atoms with Crippen molar-refractivity contribution in [3.8, 4) is 11.1 Å². The normalized spacial score (nSPS) is 10.0. The summed E-state index contributed by atoms with van der Waals surface area (Å²) >= 11 is 1.44. The van der Waals surface area contributed by atoms with E-state index in [1.165, 1.54) is 11.3 Å². The lowest BCUT2D eigenvalue weighted by molar-refractivity contribution is 0.112. The number of hydrogen-bond donors (Lipinski definition) is 0. The number of aldehydes is 1. The van der Waals surface area contributed by atoms with Gasteiger partial charge in [0.25, 0.3) is 0 Å². The van der Waals surface area contributed by atoms with Crippen molar-refractivity contribution in [3.63, 3.8) is 0 Å². The third-order valence-corrected chi connectivity index (χ3v) is 2.48. The molecule has 2 aromatic rings. The van der Waals surface area contributed by atoms with Gasteiger partial charge in [-0.2, -0.15) is 0 Å². The van der Waals surface area contributed by atoms with Crippen LogP contribution in [0.25, 0.3) is 11.1 Å². The molecule has 0 saturated carbocycles. The maximum Gasteiger partial charge on any atom is 0.160 e. The molecule has 0 aliphatic heterocycles. The first-order valence-electron chi connectivity index (χ1n) is 3.47. The Bertz CT molecular complexity index is 373. The first kappa shape index (κ1) is 7.31. The SMILES string of the molecule is O=Cc1sccc1-c1ccoc1. The van der Waals surface area contributed by atoms with Crippen LogP contribution in [0.4, 0.5) is 0 Å². The molecule has 0 unspecified atom stereocenters. The van der Waals surface area contributed by atoms with Crippen molar-refractivity contribution in [2.45, 2.75) is 0 Å². The standard InChI is InChI=1S/C9H6O2S/c10-5-9-8(2-4-12-9)7-1-3-11-6-7/h1-6H. The van der Waals surface area contributed by atoms with E-state index >= 15 is 0 Å². The van der Waals surface area contributed by atoms with Crippen LogP contribution >= 0.6 is 11.3 Å². The van der Waals surface area contributed by atoms with Gasteiger partial charge in [-0.3, -0.25) is 4.79 Å². The molecule has 60 valence electrons. The fourth-order valence-electron chi connectivity index (χ4n) is 1.07. The zero-order chi connectivity index (χ0) is 8.39. The average Bonchev–Trinajstić information content (AvgIpc) is 2.74. The maximum absolute atomic E-state index is 10.6. The zero-order valence-corrected chi connectivity index (χ0v) is 7.01. The summed E-state index contributed by atoms with van der Waals surface area (Å²) in [5.74, 6) is 0. The Hall–Kier alpha value is -1.35. The molecule has 0 aliphatic carbocycles. The molecule has 0 aliphatic rings. The minimum atomic E-state index is 0.747. The van der Waals surface area contributed by atoms with Crippen LogP contribution in [-0.2, 0) is 0 Å². The first-order valence-corrected chi connectivity index (χ1v) is 4.35. The highest BCUT2D eigenvalue weighted by Crippen LogP contribution is 2.26. The number of rotatable bonds is 2. The number of hydrogen-bond acceptors (Lipinski definition) is 3. The van der Waals surface area contributed by atoms with E-state index in [0.717, 1.165) is 22.3 Å². The summed E-state index contributed by atoms with van der Waals surface area (Å²) in [5, 5.41) is 1.89. The number of furan rings is 1.